The van der Waals surface area contributed by atoms with Crippen molar-refractivity contribution < 1.29 is 4.79 Å². The summed E-state index contributed by atoms with van der Waals surface area (Å²) in [6, 6.07) is 18.2. The molecule has 0 unspecified atom stereocenters. The SMILES string of the molecule is C[C@@H](c1ccccc1)N(C)C(=O)CN1CCN(c2ccccc2Cl)CC1. The van der Waals surface area contributed by atoms with E-state index >= 15 is 0 Å². The first-order chi connectivity index (χ1) is 12.6. The van der Waals surface area contributed by atoms with Crippen LogP contribution >= 0.6 is 11.6 Å². The molecule has 26 heavy (non-hydrogen) atoms. The first kappa shape index (κ1) is 18.7. The van der Waals surface area contributed by atoms with Gasteiger partial charge in [-0.15, -0.1) is 0 Å². The fraction of sp³-hybridized carbons (Fsp3) is 0.381. The van der Waals surface area contributed by atoms with Gasteiger partial charge in [-0.3, -0.25) is 9.69 Å². The number of rotatable bonds is 5. The van der Waals surface area contributed by atoms with Gasteiger partial charge in [-0.25, -0.2) is 0 Å². The van der Waals surface area contributed by atoms with E-state index in [0.717, 1.165) is 42.5 Å². The molecule has 0 saturated carbocycles. The van der Waals surface area contributed by atoms with Crippen molar-refractivity contribution in [3.8, 4) is 0 Å². The van der Waals surface area contributed by atoms with Gasteiger partial charge in [0.05, 0.1) is 23.3 Å². The molecule has 138 valence electrons. The molecule has 1 atom stereocenters. The molecule has 0 radical (unpaired) electrons. The predicted molar refractivity (Wildman–Crippen MR) is 108 cm³/mol. The van der Waals surface area contributed by atoms with Crippen molar-refractivity contribution in [1.29, 1.82) is 0 Å². The highest BCUT2D eigenvalue weighted by molar-refractivity contribution is 6.33. The van der Waals surface area contributed by atoms with Crippen LogP contribution in [-0.4, -0.2) is 55.5 Å². The fourth-order valence-corrected chi connectivity index (χ4v) is 3.58. The first-order valence-electron chi connectivity index (χ1n) is 9.08. The molecule has 0 spiro atoms. The summed E-state index contributed by atoms with van der Waals surface area (Å²) in [7, 11) is 1.89. The van der Waals surface area contributed by atoms with E-state index in [0.29, 0.717) is 6.54 Å². The van der Waals surface area contributed by atoms with E-state index in [1.54, 1.807) is 0 Å². The highest BCUT2D eigenvalue weighted by atomic mass is 35.5. The average Bonchev–Trinajstić information content (AvgIpc) is 2.68. The Morgan fingerprint density at radius 1 is 1.04 bits per heavy atom. The minimum Gasteiger partial charge on any atom is -0.368 e. The number of anilines is 1. The van der Waals surface area contributed by atoms with Gasteiger partial charge in [0.2, 0.25) is 5.91 Å². The fourth-order valence-electron chi connectivity index (χ4n) is 3.33. The van der Waals surface area contributed by atoms with Crippen molar-refractivity contribution >= 4 is 23.2 Å². The Bertz CT molecular complexity index is 729. The molecule has 1 aliphatic heterocycles. The maximum absolute atomic E-state index is 12.7. The smallest absolute Gasteiger partial charge is 0.236 e. The topological polar surface area (TPSA) is 26.8 Å². The van der Waals surface area contributed by atoms with Gasteiger partial charge in [-0.05, 0) is 24.6 Å². The maximum atomic E-state index is 12.7. The van der Waals surface area contributed by atoms with E-state index in [1.807, 2.05) is 48.3 Å². The lowest BCUT2D eigenvalue weighted by molar-refractivity contribution is -0.133. The summed E-state index contributed by atoms with van der Waals surface area (Å²) in [6.45, 7) is 6.03. The number of hydrogen-bond acceptors (Lipinski definition) is 3. The van der Waals surface area contributed by atoms with E-state index in [2.05, 4.69) is 34.9 Å². The largest absolute Gasteiger partial charge is 0.368 e. The zero-order valence-corrected chi connectivity index (χ0v) is 16.2. The van der Waals surface area contributed by atoms with Crippen LogP contribution in [0.5, 0.6) is 0 Å². The molecule has 0 aliphatic carbocycles. The second kappa shape index (κ2) is 8.56. The third kappa shape index (κ3) is 4.37. The number of hydrogen-bond donors (Lipinski definition) is 0. The van der Waals surface area contributed by atoms with E-state index < -0.39 is 0 Å². The van der Waals surface area contributed by atoms with Gasteiger partial charge in [0.25, 0.3) is 0 Å². The average molecular weight is 372 g/mol. The van der Waals surface area contributed by atoms with Crippen LogP contribution in [0.25, 0.3) is 0 Å². The van der Waals surface area contributed by atoms with Crippen LogP contribution in [-0.2, 0) is 4.79 Å². The number of halogens is 1. The highest BCUT2D eigenvalue weighted by Gasteiger charge is 2.23. The number of amides is 1. The summed E-state index contributed by atoms with van der Waals surface area (Å²) in [5.74, 6) is 0.160. The Morgan fingerprint density at radius 2 is 1.65 bits per heavy atom. The molecule has 3 rings (SSSR count). The monoisotopic (exact) mass is 371 g/mol. The Kier molecular flexibility index (Phi) is 6.17. The third-order valence-electron chi connectivity index (χ3n) is 5.18. The Morgan fingerprint density at radius 3 is 2.31 bits per heavy atom. The molecule has 1 heterocycles. The number of piperazine rings is 1. The first-order valence-corrected chi connectivity index (χ1v) is 9.46. The maximum Gasteiger partial charge on any atom is 0.236 e. The number of carbonyl (C=O) groups is 1. The van der Waals surface area contributed by atoms with Crippen molar-refractivity contribution in [2.75, 3.05) is 44.7 Å². The van der Waals surface area contributed by atoms with Crippen molar-refractivity contribution in [2.24, 2.45) is 0 Å². The lowest BCUT2D eigenvalue weighted by Crippen LogP contribution is -2.50. The van der Waals surface area contributed by atoms with E-state index in [9.17, 15) is 4.79 Å². The Labute approximate surface area is 161 Å². The van der Waals surface area contributed by atoms with E-state index in [-0.39, 0.29) is 11.9 Å². The van der Waals surface area contributed by atoms with Gasteiger partial charge in [0.1, 0.15) is 0 Å². The van der Waals surface area contributed by atoms with Crippen LogP contribution < -0.4 is 4.90 Å². The number of carbonyl (C=O) groups excluding carboxylic acids is 1. The van der Waals surface area contributed by atoms with Gasteiger partial charge < -0.3 is 9.80 Å². The molecular weight excluding hydrogens is 346 g/mol. The van der Waals surface area contributed by atoms with Crippen LogP contribution in [0.15, 0.2) is 54.6 Å². The lowest BCUT2D eigenvalue weighted by atomic mass is 10.1. The number of nitrogens with zero attached hydrogens (tertiary/aromatic N) is 3. The van der Waals surface area contributed by atoms with Gasteiger partial charge in [-0.1, -0.05) is 54.1 Å². The lowest BCUT2D eigenvalue weighted by Gasteiger charge is -2.37. The van der Waals surface area contributed by atoms with Gasteiger partial charge in [0.15, 0.2) is 0 Å². The molecule has 5 heteroatoms. The highest BCUT2D eigenvalue weighted by Crippen LogP contribution is 2.26. The number of para-hydroxylation sites is 1. The van der Waals surface area contributed by atoms with Crippen LogP contribution in [0.1, 0.15) is 18.5 Å². The van der Waals surface area contributed by atoms with Crippen molar-refractivity contribution in [3.63, 3.8) is 0 Å². The molecule has 0 bridgehead atoms. The summed E-state index contributed by atoms with van der Waals surface area (Å²) >= 11 is 6.30. The van der Waals surface area contributed by atoms with Crippen LogP contribution in [0, 0.1) is 0 Å². The van der Waals surface area contributed by atoms with Gasteiger partial charge in [0, 0.05) is 33.2 Å². The van der Waals surface area contributed by atoms with Crippen LogP contribution in [0.3, 0.4) is 0 Å². The molecule has 0 aromatic heterocycles. The molecule has 1 aliphatic rings. The molecule has 1 fully saturated rings. The summed E-state index contributed by atoms with van der Waals surface area (Å²) in [4.78, 5) is 19.0. The zero-order chi connectivity index (χ0) is 18.5. The second-order valence-electron chi connectivity index (χ2n) is 6.81. The van der Waals surface area contributed by atoms with E-state index in [4.69, 9.17) is 11.6 Å². The number of benzene rings is 2. The van der Waals surface area contributed by atoms with Crippen molar-refractivity contribution in [3.05, 3.63) is 65.2 Å². The second-order valence-corrected chi connectivity index (χ2v) is 7.21. The summed E-state index contributed by atoms with van der Waals surface area (Å²) in [6.07, 6.45) is 0. The molecular formula is C21H26ClN3O. The molecule has 4 nitrogen and oxygen atoms in total. The summed E-state index contributed by atoms with van der Waals surface area (Å²) < 4.78 is 0. The molecule has 2 aromatic rings. The third-order valence-corrected chi connectivity index (χ3v) is 5.50. The van der Waals surface area contributed by atoms with Crippen LogP contribution in [0.4, 0.5) is 5.69 Å². The summed E-state index contributed by atoms with van der Waals surface area (Å²) in [5, 5.41) is 0.786. The predicted octanol–water partition coefficient (Wildman–Crippen LogP) is 3.68. The van der Waals surface area contributed by atoms with Gasteiger partial charge >= 0.3 is 0 Å². The van der Waals surface area contributed by atoms with Crippen LogP contribution in [0.2, 0.25) is 5.02 Å². The van der Waals surface area contributed by atoms with Gasteiger partial charge in [-0.2, -0.15) is 0 Å². The minimum atomic E-state index is 0.0770. The molecule has 0 N–H and O–H groups in total. The molecule has 1 saturated heterocycles. The number of likely N-dealkylation sites (N-methyl/N-ethyl adjacent to an activating group) is 1. The Balaban J connectivity index is 1.52. The zero-order valence-electron chi connectivity index (χ0n) is 15.4. The quantitative estimate of drug-likeness (QED) is 0.802. The Hall–Kier alpha value is -2.04. The van der Waals surface area contributed by atoms with Crippen molar-refractivity contribution in [1.82, 2.24) is 9.80 Å². The normalized spacial score (nSPS) is 16.3. The summed E-state index contributed by atoms with van der Waals surface area (Å²) in [5.41, 5.74) is 2.24. The molecule has 2 aromatic carbocycles. The van der Waals surface area contributed by atoms with E-state index in [1.165, 1.54) is 0 Å². The minimum absolute atomic E-state index is 0.0770. The standard InChI is InChI=1S/C21H26ClN3O/c1-17(18-8-4-3-5-9-18)23(2)21(26)16-24-12-14-25(15-13-24)20-11-7-6-10-19(20)22/h3-11,17H,12-16H2,1-2H3/t17-/m0/s1. The molecule has 1 amide bonds. The van der Waals surface area contributed by atoms with Crippen molar-refractivity contribution in [2.45, 2.75) is 13.0 Å².